The van der Waals surface area contributed by atoms with Crippen LogP contribution in [0.5, 0.6) is 5.75 Å². The van der Waals surface area contributed by atoms with Gasteiger partial charge in [0.05, 0.1) is 5.69 Å². The van der Waals surface area contributed by atoms with Gasteiger partial charge in [-0.2, -0.15) is 0 Å². The molecule has 0 aliphatic carbocycles. The van der Waals surface area contributed by atoms with E-state index in [1.807, 2.05) is 37.3 Å². The molecule has 0 saturated heterocycles. The minimum Gasteiger partial charge on any atom is -0.482 e. The van der Waals surface area contributed by atoms with E-state index in [0.29, 0.717) is 17.2 Å². The van der Waals surface area contributed by atoms with Crippen LogP contribution in [0.15, 0.2) is 34.7 Å². The van der Waals surface area contributed by atoms with Crippen molar-refractivity contribution in [2.24, 2.45) is 0 Å². The lowest BCUT2D eigenvalue weighted by molar-refractivity contribution is -0.118. The van der Waals surface area contributed by atoms with Crippen LogP contribution in [-0.2, 0) is 11.2 Å². The van der Waals surface area contributed by atoms with Gasteiger partial charge in [0.15, 0.2) is 6.61 Å². The molecule has 2 heterocycles. The fourth-order valence-electron chi connectivity index (χ4n) is 2.14. The van der Waals surface area contributed by atoms with Gasteiger partial charge in [-0.15, -0.1) is 11.6 Å². The summed E-state index contributed by atoms with van der Waals surface area (Å²) in [7, 11) is 0. The molecule has 0 saturated carbocycles. The number of hydrogen-bond acceptors (Lipinski definition) is 3. The van der Waals surface area contributed by atoms with Crippen molar-refractivity contribution >= 4 is 23.2 Å². The smallest absolute Gasteiger partial charge is 0.262 e. The molecule has 1 aliphatic heterocycles. The molecule has 0 spiro atoms. The molecular formula is C15H14ClNO3. The number of carbonyl (C=O) groups excluding carboxylic acids is 1. The highest BCUT2D eigenvalue weighted by molar-refractivity contribution is 6.22. The normalized spacial score (nSPS) is 15.2. The Morgan fingerprint density at radius 2 is 2.20 bits per heavy atom. The van der Waals surface area contributed by atoms with Gasteiger partial charge in [0.1, 0.15) is 22.6 Å². The van der Waals surface area contributed by atoms with Gasteiger partial charge in [-0.25, -0.2) is 0 Å². The average molecular weight is 292 g/mol. The molecular weight excluding hydrogens is 278 g/mol. The summed E-state index contributed by atoms with van der Waals surface area (Å²) in [5.74, 6) is 2.10. The van der Waals surface area contributed by atoms with E-state index in [2.05, 4.69) is 5.32 Å². The van der Waals surface area contributed by atoms with Gasteiger partial charge in [0, 0.05) is 6.42 Å². The molecule has 0 radical (unpaired) electrons. The molecule has 1 N–H and O–H groups in total. The Bertz CT molecular complexity index is 650. The fraction of sp³-hybridized carbons (Fsp3) is 0.267. The highest BCUT2D eigenvalue weighted by Gasteiger charge is 2.20. The quantitative estimate of drug-likeness (QED) is 0.881. The molecule has 0 bridgehead atoms. The second-order valence-corrected chi connectivity index (χ2v) is 5.05. The van der Waals surface area contributed by atoms with Gasteiger partial charge in [-0.3, -0.25) is 4.79 Å². The summed E-state index contributed by atoms with van der Waals surface area (Å²) in [6.45, 7) is 2.08. The maximum atomic E-state index is 11.3. The lowest BCUT2D eigenvalue weighted by Gasteiger charge is -2.19. The average Bonchev–Trinajstić information content (AvgIpc) is 2.94. The first-order chi connectivity index (χ1) is 9.67. The van der Waals surface area contributed by atoms with Gasteiger partial charge >= 0.3 is 0 Å². The van der Waals surface area contributed by atoms with Crippen molar-refractivity contribution in [2.45, 2.75) is 18.7 Å². The number of hydrogen-bond donors (Lipinski definition) is 1. The number of ether oxygens (including phenoxy) is 1. The van der Waals surface area contributed by atoms with E-state index in [9.17, 15) is 4.79 Å². The Morgan fingerprint density at radius 3 is 2.95 bits per heavy atom. The maximum Gasteiger partial charge on any atom is 0.262 e. The van der Waals surface area contributed by atoms with Crippen molar-refractivity contribution in [1.82, 2.24) is 0 Å². The van der Waals surface area contributed by atoms with Crippen LogP contribution in [0.3, 0.4) is 0 Å². The van der Waals surface area contributed by atoms with E-state index in [-0.39, 0.29) is 17.9 Å². The van der Waals surface area contributed by atoms with Crippen molar-refractivity contribution in [3.8, 4) is 5.75 Å². The number of nitrogens with one attached hydrogen (secondary N) is 1. The first kappa shape index (κ1) is 13.1. The minimum absolute atomic E-state index is 0.0503. The second-order valence-electron chi connectivity index (χ2n) is 4.61. The Hall–Kier alpha value is -1.94. The number of halogens is 1. The van der Waals surface area contributed by atoms with Crippen LogP contribution in [0.1, 0.15) is 29.4 Å². The number of fused-ring (bicyclic) bond motifs is 1. The van der Waals surface area contributed by atoms with Gasteiger partial charge < -0.3 is 14.5 Å². The summed E-state index contributed by atoms with van der Waals surface area (Å²) in [5, 5.41) is 2.38. The number of benzene rings is 1. The van der Waals surface area contributed by atoms with Gasteiger partial charge in [0.25, 0.3) is 5.91 Å². The number of carbonyl (C=O) groups is 1. The largest absolute Gasteiger partial charge is 0.482 e. The summed E-state index contributed by atoms with van der Waals surface area (Å²) in [4.78, 5) is 11.3. The predicted octanol–water partition coefficient (Wildman–Crippen LogP) is 3.50. The van der Waals surface area contributed by atoms with Gasteiger partial charge in [-0.05, 0) is 29.8 Å². The van der Waals surface area contributed by atoms with Crippen LogP contribution in [0.2, 0.25) is 0 Å². The van der Waals surface area contributed by atoms with Crippen molar-refractivity contribution in [1.29, 1.82) is 0 Å². The van der Waals surface area contributed by atoms with Crippen molar-refractivity contribution in [3.05, 3.63) is 47.4 Å². The van der Waals surface area contributed by atoms with E-state index in [4.69, 9.17) is 20.8 Å². The van der Waals surface area contributed by atoms with Crippen LogP contribution in [0.25, 0.3) is 0 Å². The third-order valence-electron chi connectivity index (χ3n) is 3.21. The highest BCUT2D eigenvalue weighted by atomic mass is 35.5. The summed E-state index contributed by atoms with van der Waals surface area (Å²) in [5.41, 5.74) is 1.50. The summed E-state index contributed by atoms with van der Waals surface area (Å²) < 4.78 is 11.0. The van der Waals surface area contributed by atoms with E-state index < -0.39 is 0 Å². The summed E-state index contributed by atoms with van der Waals surface area (Å²) in [6.07, 6.45) is 0.831. The highest BCUT2D eigenvalue weighted by Crippen LogP contribution is 2.36. The first-order valence-electron chi connectivity index (χ1n) is 6.46. The summed E-state index contributed by atoms with van der Waals surface area (Å²) in [6, 6.07) is 9.31. The monoisotopic (exact) mass is 291 g/mol. The predicted molar refractivity (Wildman–Crippen MR) is 76.3 cm³/mol. The minimum atomic E-state index is -0.389. The molecule has 104 valence electrons. The van der Waals surface area contributed by atoms with Crippen LogP contribution < -0.4 is 10.1 Å². The molecule has 20 heavy (non-hydrogen) atoms. The zero-order valence-corrected chi connectivity index (χ0v) is 11.7. The van der Waals surface area contributed by atoms with Crippen LogP contribution in [0, 0.1) is 0 Å². The zero-order chi connectivity index (χ0) is 14.1. The van der Waals surface area contributed by atoms with E-state index in [1.165, 1.54) is 0 Å². The molecule has 1 amide bonds. The Kier molecular flexibility index (Phi) is 3.40. The van der Waals surface area contributed by atoms with E-state index in [1.54, 1.807) is 0 Å². The number of aryl methyl sites for hydroxylation is 1. The molecule has 4 nitrogen and oxygen atoms in total. The molecule has 0 fully saturated rings. The molecule has 3 rings (SSSR count). The van der Waals surface area contributed by atoms with Crippen molar-refractivity contribution < 1.29 is 13.9 Å². The molecule has 1 unspecified atom stereocenters. The number of rotatable bonds is 3. The second kappa shape index (κ2) is 5.21. The van der Waals surface area contributed by atoms with E-state index in [0.717, 1.165) is 17.7 Å². The first-order valence-corrected chi connectivity index (χ1v) is 6.90. The summed E-state index contributed by atoms with van der Waals surface area (Å²) >= 11 is 6.43. The molecule has 2 aromatic rings. The van der Waals surface area contributed by atoms with Crippen molar-refractivity contribution in [2.75, 3.05) is 11.9 Å². The number of amides is 1. The zero-order valence-electron chi connectivity index (χ0n) is 11.0. The SMILES string of the molecule is CCc1ccc(C(Cl)c2ccc3c(c2)NC(=O)CO3)o1. The van der Waals surface area contributed by atoms with Crippen LogP contribution >= 0.6 is 11.6 Å². The number of furan rings is 1. The van der Waals surface area contributed by atoms with Crippen LogP contribution in [-0.4, -0.2) is 12.5 Å². The molecule has 1 aromatic carbocycles. The molecule has 1 aromatic heterocycles. The Labute approximate surface area is 121 Å². The lowest BCUT2D eigenvalue weighted by Crippen LogP contribution is -2.25. The lowest BCUT2D eigenvalue weighted by atomic mass is 10.1. The Balaban J connectivity index is 1.90. The topological polar surface area (TPSA) is 51.5 Å². The van der Waals surface area contributed by atoms with Crippen molar-refractivity contribution in [3.63, 3.8) is 0 Å². The molecule has 5 heteroatoms. The van der Waals surface area contributed by atoms with E-state index >= 15 is 0 Å². The number of alkyl halides is 1. The third kappa shape index (κ3) is 2.39. The van der Waals surface area contributed by atoms with Gasteiger partial charge in [-0.1, -0.05) is 13.0 Å². The maximum absolute atomic E-state index is 11.3. The van der Waals surface area contributed by atoms with Gasteiger partial charge in [0.2, 0.25) is 0 Å². The Morgan fingerprint density at radius 1 is 1.35 bits per heavy atom. The molecule has 1 atom stereocenters. The number of anilines is 1. The fourth-order valence-corrected chi connectivity index (χ4v) is 2.40. The third-order valence-corrected chi connectivity index (χ3v) is 3.68. The molecule has 1 aliphatic rings. The van der Waals surface area contributed by atoms with Crippen LogP contribution in [0.4, 0.5) is 5.69 Å². The standard InChI is InChI=1S/C15H14ClNO3/c1-2-10-4-6-13(20-10)15(16)9-3-5-12-11(7-9)17-14(18)8-19-12/h3-7,15H,2,8H2,1H3,(H,17,18).